The Labute approximate surface area is 78.0 Å². The minimum atomic E-state index is -1.53. The summed E-state index contributed by atoms with van der Waals surface area (Å²) in [6.45, 7) is 2.23. The summed E-state index contributed by atoms with van der Waals surface area (Å²) in [5.74, 6) is 0.189. The van der Waals surface area contributed by atoms with E-state index in [1.165, 1.54) is 7.11 Å². The second-order valence-corrected chi connectivity index (χ2v) is 3.31. The minimum Gasteiger partial charge on any atom is -0.566 e. The SMILES string of the molecule is CCOc1n[s+]([O-])c(OC)c1Cl. The Hall–Kier alpha value is -0.520. The van der Waals surface area contributed by atoms with E-state index in [4.69, 9.17) is 21.1 Å². The third-order valence-electron chi connectivity index (χ3n) is 1.16. The average Bonchev–Trinajstić information content (AvgIpc) is 2.29. The Morgan fingerprint density at radius 3 is 2.75 bits per heavy atom. The standard InChI is InChI=1S/C6H8ClNO3S/c1-3-11-5-4(7)6(10-2)12(9)8-5/h3H2,1-2H3. The molecule has 4 nitrogen and oxygen atoms in total. The lowest BCUT2D eigenvalue weighted by molar-refractivity contribution is 0.329. The van der Waals surface area contributed by atoms with Gasteiger partial charge >= 0.3 is 5.06 Å². The molecule has 0 radical (unpaired) electrons. The number of ether oxygens (including phenoxy) is 2. The highest BCUT2D eigenvalue weighted by atomic mass is 35.5. The van der Waals surface area contributed by atoms with Crippen molar-refractivity contribution in [2.45, 2.75) is 6.92 Å². The van der Waals surface area contributed by atoms with Crippen LogP contribution < -0.4 is 9.47 Å². The highest BCUT2D eigenvalue weighted by Gasteiger charge is 2.23. The molecule has 0 fully saturated rings. The number of hydrogen-bond acceptors (Lipinski definition) is 4. The maximum absolute atomic E-state index is 11.1. The first kappa shape index (κ1) is 9.57. The minimum absolute atomic E-state index is 0.153. The Morgan fingerprint density at radius 2 is 2.33 bits per heavy atom. The summed E-state index contributed by atoms with van der Waals surface area (Å²) in [4.78, 5) is 0. The summed E-state index contributed by atoms with van der Waals surface area (Å²) >= 11 is 5.72. The molecule has 12 heavy (non-hydrogen) atoms. The quantitative estimate of drug-likeness (QED) is 0.714. The van der Waals surface area contributed by atoms with Crippen molar-refractivity contribution >= 4 is 22.5 Å². The van der Waals surface area contributed by atoms with Crippen molar-refractivity contribution < 1.29 is 14.0 Å². The van der Waals surface area contributed by atoms with Crippen LogP contribution in [0.4, 0.5) is 0 Å². The van der Waals surface area contributed by atoms with Crippen LogP contribution in [0.5, 0.6) is 10.9 Å². The van der Waals surface area contributed by atoms with Gasteiger partial charge in [-0.15, -0.1) is 0 Å². The van der Waals surface area contributed by atoms with Gasteiger partial charge in [0.2, 0.25) is 5.02 Å². The normalized spacial score (nSPS) is 11.5. The van der Waals surface area contributed by atoms with Crippen molar-refractivity contribution in [2.75, 3.05) is 13.7 Å². The Morgan fingerprint density at radius 1 is 1.67 bits per heavy atom. The lowest BCUT2D eigenvalue weighted by Gasteiger charge is -1.93. The first-order chi connectivity index (χ1) is 5.70. The monoisotopic (exact) mass is 209 g/mol. The smallest absolute Gasteiger partial charge is 0.377 e. The summed E-state index contributed by atoms with van der Waals surface area (Å²) in [6, 6.07) is 0. The summed E-state index contributed by atoms with van der Waals surface area (Å²) in [7, 11) is -0.145. The highest BCUT2D eigenvalue weighted by Crippen LogP contribution is 2.42. The van der Waals surface area contributed by atoms with Gasteiger partial charge in [-0.1, -0.05) is 11.6 Å². The zero-order valence-corrected chi connectivity index (χ0v) is 8.24. The van der Waals surface area contributed by atoms with Crippen molar-refractivity contribution in [3.05, 3.63) is 5.02 Å². The molecule has 0 spiro atoms. The number of hydrogen-bond donors (Lipinski definition) is 0. The topological polar surface area (TPSA) is 54.4 Å². The van der Waals surface area contributed by atoms with E-state index in [0.717, 1.165) is 0 Å². The summed E-state index contributed by atoms with van der Waals surface area (Å²) in [5.41, 5.74) is 0. The second-order valence-electron chi connectivity index (χ2n) is 1.88. The zero-order valence-electron chi connectivity index (χ0n) is 6.67. The Bertz CT molecular complexity index is 276. The van der Waals surface area contributed by atoms with E-state index in [0.29, 0.717) is 6.61 Å². The van der Waals surface area contributed by atoms with E-state index >= 15 is 0 Å². The Kier molecular flexibility index (Phi) is 3.13. The molecule has 0 aliphatic carbocycles. The Balaban J connectivity index is 3.00. The number of halogens is 1. The molecule has 68 valence electrons. The van der Waals surface area contributed by atoms with Crippen LogP contribution in [0.3, 0.4) is 0 Å². The van der Waals surface area contributed by atoms with Gasteiger partial charge in [0.15, 0.2) is 0 Å². The van der Waals surface area contributed by atoms with Crippen molar-refractivity contribution in [2.24, 2.45) is 0 Å². The molecule has 0 N–H and O–H groups in total. The van der Waals surface area contributed by atoms with Gasteiger partial charge in [-0.3, -0.25) is 0 Å². The molecule has 1 rings (SSSR count). The fourth-order valence-electron chi connectivity index (χ4n) is 0.708. The van der Waals surface area contributed by atoms with Crippen molar-refractivity contribution in [1.29, 1.82) is 0 Å². The van der Waals surface area contributed by atoms with E-state index < -0.39 is 10.9 Å². The molecule has 0 saturated heterocycles. The second kappa shape index (κ2) is 3.93. The van der Waals surface area contributed by atoms with Crippen molar-refractivity contribution in [3.63, 3.8) is 0 Å². The van der Waals surface area contributed by atoms with Gasteiger partial charge in [0.05, 0.1) is 13.7 Å². The van der Waals surface area contributed by atoms with Crippen LogP contribution in [0.15, 0.2) is 0 Å². The number of nitrogens with zero attached hydrogens (tertiary/aromatic N) is 1. The van der Waals surface area contributed by atoms with Gasteiger partial charge < -0.3 is 14.0 Å². The van der Waals surface area contributed by atoms with Gasteiger partial charge in [-0.05, 0) is 6.92 Å². The summed E-state index contributed by atoms with van der Waals surface area (Å²) in [5, 5.41) is 0.345. The van der Waals surface area contributed by atoms with E-state index in [9.17, 15) is 4.55 Å². The highest BCUT2D eigenvalue weighted by molar-refractivity contribution is 7.22. The molecule has 0 saturated carbocycles. The van der Waals surface area contributed by atoms with Crippen molar-refractivity contribution in [1.82, 2.24) is 4.37 Å². The molecule has 0 aromatic carbocycles. The molecule has 1 aromatic heterocycles. The molecule has 0 amide bonds. The van der Waals surface area contributed by atoms with Gasteiger partial charge in [0, 0.05) is 4.37 Å². The number of rotatable bonds is 3. The largest absolute Gasteiger partial charge is 0.566 e. The van der Waals surface area contributed by atoms with Crippen LogP contribution in [0.2, 0.25) is 5.02 Å². The van der Waals surface area contributed by atoms with Gasteiger partial charge in [0.25, 0.3) is 5.88 Å². The van der Waals surface area contributed by atoms with Crippen LogP contribution in [-0.2, 0) is 0 Å². The van der Waals surface area contributed by atoms with Crippen LogP contribution >= 0.6 is 22.5 Å². The summed E-state index contributed by atoms with van der Waals surface area (Å²) < 4.78 is 24.5. The first-order valence-corrected chi connectivity index (χ1v) is 4.76. The predicted octanol–water partition coefficient (Wildman–Crippen LogP) is 1.87. The molecule has 0 bridgehead atoms. The molecule has 1 heterocycles. The average molecular weight is 210 g/mol. The maximum atomic E-state index is 11.1. The molecule has 1 aromatic rings. The van der Waals surface area contributed by atoms with Gasteiger partial charge in [-0.25, -0.2) is 0 Å². The third-order valence-corrected chi connectivity index (χ3v) is 2.62. The van der Waals surface area contributed by atoms with Crippen molar-refractivity contribution in [3.8, 4) is 10.9 Å². The summed E-state index contributed by atoms with van der Waals surface area (Å²) in [6.07, 6.45) is 0. The van der Waals surface area contributed by atoms with E-state index in [-0.39, 0.29) is 16.0 Å². The van der Waals surface area contributed by atoms with Crippen LogP contribution in [0.25, 0.3) is 0 Å². The third kappa shape index (κ3) is 1.63. The number of aromatic nitrogens is 1. The molecule has 6 heteroatoms. The first-order valence-electron chi connectivity index (χ1n) is 3.28. The molecular formula is C6H8ClNO3S. The lowest BCUT2D eigenvalue weighted by atomic mass is 10.6. The zero-order chi connectivity index (χ0) is 9.14. The fraction of sp³-hybridized carbons (Fsp3) is 0.500. The van der Waals surface area contributed by atoms with E-state index in [1.807, 2.05) is 0 Å². The van der Waals surface area contributed by atoms with Crippen LogP contribution in [0.1, 0.15) is 6.92 Å². The maximum Gasteiger partial charge on any atom is 0.377 e. The lowest BCUT2D eigenvalue weighted by Crippen LogP contribution is -1.91. The molecule has 1 atom stereocenters. The molecular weight excluding hydrogens is 202 g/mol. The number of methoxy groups -OCH3 is 1. The predicted molar refractivity (Wildman–Crippen MR) is 45.6 cm³/mol. The van der Waals surface area contributed by atoms with E-state index in [2.05, 4.69) is 4.37 Å². The molecule has 0 aliphatic heterocycles. The van der Waals surface area contributed by atoms with Gasteiger partial charge in [-0.2, -0.15) is 0 Å². The molecule has 1 unspecified atom stereocenters. The van der Waals surface area contributed by atoms with E-state index in [1.54, 1.807) is 6.92 Å². The van der Waals surface area contributed by atoms with Crippen LogP contribution in [0, 0.1) is 0 Å². The van der Waals surface area contributed by atoms with Crippen LogP contribution in [-0.4, -0.2) is 22.6 Å². The fourth-order valence-corrected chi connectivity index (χ4v) is 1.89. The van der Waals surface area contributed by atoms with Gasteiger partial charge in [0.1, 0.15) is 10.9 Å². The molecule has 0 aliphatic rings.